The molecule has 1 N–H and O–H groups in total. The second-order valence-electron chi connectivity index (χ2n) is 7.52. The van der Waals surface area contributed by atoms with Crippen molar-refractivity contribution in [3.05, 3.63) is 89.5 Å². The van der Waals surface area contributed by atoms with Gasteiger partial charge < -0.3 is 10.1 Å². The Labute approximate surface area is 189 Å². The maximum absolute atomic E-state index is 13.4. The molecule has 0 aromatic heterocycles. The molecule has 6 nitrogen and oxygen atoms in total. The van der Waals surface area contributed by atoms with Gasteiger partial charge in [-0.15, -0.1) is 0 Å². The Morgan fingerprint density at radius 1 is 0.938 bits per heavy atom. The monoisotopic (exact) mass is 452 g/mol. The zero-order valence-corrected chi connectivity index (χ0v) is 19.4. The molecule has 32 heavy (non-hydrogen) atoms. The number of nitrogens with one attached hydrogen (secondary N) is 1. The summed E-state index contributed by atoms with van der Waals surface area (Å²) >= 11 is 0. The van der Waals surface area contributed by atoms with E-state index in [9.17, 15) is 13.2 Å². The summed E-state index contributed by atoms with van der Waals surface area (Å²) in [5.74, 6) is 0.370. The van der Waals surface area contributed by atoms with Gasteiger partial charge in [-0.2, -0.15) is 0 Å². The molecule has 1 amide bonds. The summed E-state index contributed by atoms with van der Waals surface area (Å²) in [6.45, 7) is 6.26. The van der Waals surface area contributed by atoms with Crippen LogP contribution in [0.2, 0.25) is 0 Å². The molecule has 0 atom stereocenters. The van der Waals surface area contributed by atoms with E-state index in [0.717, 1.165) is 26.7 Å². The van der Waals surface area contributed by atoms with E-state index in [2.05, 4.69) is 5.32 Å². The van der Waals surface area contributed by atoms with Gasteiger partial charge in [-0.1, -0.05) is 36.4 Å². The minimum atomic E-state index is -3.92. The fourth-order valence-electron chi connectivity index (χ4n) is 3.39. The lowest BCUT2D eigenvalue weighted by Crippen LogP contribution is -2.40. The van der Waals surface area contributed by atoms with Gasteiger partial charge in [0.25, 0.3) is 10.0 Å². The maximum Gasteiger partial charge on any atom is 0.264 e. The van der Waals surface area contributed by atoms with Crippen LogP contribution in [0.3, 0.4) is 0 Å². The first-order valence-electron chi connectivity index (χ1n) is 10.4. The van der Waals surface area contributed by atoms with Crippen LogP contribution >= 0.6 is 0 Å². The fourth-order valence-corrected chi connectivity index (χ4v) is 4.81. The van der Waals surface area contributed by atoms with Gasteiger partial charge in [0.05, 0.1) is 17.2 Å². The zero-order valence-electron chi connectivity index (χ0n) is 18.5. The molecule has 3 rings (SSSR count). The van der Waals surface area contributed by atoms with Crippen molar-refractivity contribution >= 4 is 21.6 Å². The van der Waals surface area contributed by atoms with Crippen LogP contribution in [0.4, 0.5) is 5.69 Å². The lowest BCUT2D eigenvalue weighted by molar-refractivity contribution is -0.119. The average Bonchev–Trinajstić information content (AvgIpc) is 2.77. The van der Waals surface area contributed by atoms with Crippen LogP contribution in [0.15, 0.2) is 77.7 Å². The van der Waals surface area contributed by atoms with E-state index in [1.54, 1.807) is 30.3 Å². The van der Waals surface area contributed by atoms with Gasteiger partial charge in [-0.3, -0.25) is 9.10 Å². The Morgan fingerprint density at radius 3 is 2.16 bits per heavy atom. The van der Waals surface area contributed by atoms with E-state index in [0.29, 0.717) is 12.3 Å². The highest BCUT2D eigenvalue weighted by Gasteiger charge is 2.27. The molecular weight excluding hydrogens is 424 g/mol. The number of carbonyl (C=O) groups excluding carboxylic acids is 1. The molecule has 168 valence electrons. The molecular formula is C25H28N2O4S. The molecule has 3 aromatic carbocycles. The van der Waals surface area contributed by atoms with E-state index in [4.69, 9.17) is 4.74 Å². The Balaban J connectivity index is 1.81. The van der Waals surface area contributed by atoms with Crippen LogP contribution < -0.4 is 14.4 Å². The Hall–Kier alpha value is -3.32. The van der Waals surface area contributed by atoms with E-state index in [1.165, 1.54) is 12.1 Å². The van der Waals surface area contributed by atoms with E-state index in [1.807, 2.05) is 51.1 Å². The van der Waals surface area contributed by atoms with E-state index < -0.39 is 15.9 Å². The topological polar surface area (TPSA) is 75.7 Å². The zero-order chi connectivity index (χ0) is 23.1. The van der Waals surface area contributed by atoms with Gasteiger partial charge in [0.15, 0.2) is 0 Å². The van der Waals surface area contributed by atoms with Crippen LogP contribution in [0, 0.1) is 13.8 Å². The molecule has 0 unspecified atom stereocenters. The van der Waals surface area contributed by atoms with Crippen molar-refractivity contribution in [1.82, 2.24) is 5.32 Å². The second-order valence-corrected chi connectivity index (χ2v) is 9.39. The summed E-state index contributed by atoms with van der Waals surface area (Å²) in [6.07, 6.45) is 0. The third kappa shape index (κ3) is 5.88. The van der Waals surface area contributed by atoms with Crippen molar-refractivity contribution in [3.63, 3.8) is 0 Å². The van der Waals surface area contributed by atoms with Crippen molar-refractivity contribution in [2.24, 2.45) is 0 Å². The molecule has 0 bridgehead atoms. The standard InChI is InChI=1S/C25H28N2O4S/c1-4-31-23-12-10-21(11-13-23)17-26-25(28)18-27(22-15-19(2)14-20(3)16-22)32(29,30)24-8-6-5-7-9-24/h5-16H,4,17-18H2,1-3H3,(H,26,28). The number of amides is 1. The largest absolute Gasteiger partial charge is 0.494 e. The Bertz CT molecular complexity index is 1140. The second kappa shape index (κ2) is 10.3. The lowest BCUT2D eigenvalue weighted by atomic mass is 10.1. The fraction of sp³-hybridized carbons (Fsp3) is 0.240. The number of anilines is 1. The number of benzene rings is 3. The molecule has 0 radical (unpaired) electrons. The molecule has 0 fully saturated rings. The smallest absolute Gasteiger partial charge is 0.264 e. The molecule has 0 saturated carbocycles. The van der Waals surface area contributed by atoms with Gasteiger partial charge in [-0.25, -0.2) is 8.42 Å². The minimum absolute atomic E-state index is 0.137. The SMILES string of the molecule is CCOc1ccc(CNC(=O)CN(c2cc(C)cc(C)c2)S(=O)(=O)c2ccccc2)cc1. The lowest BCUT2D eigenvalue weighted by Gasteiger charge is -2.25. The van der Waals surface area contributed by atoms with Crippen molar-refractivity contribution < 1.29 is 17.9 Å². The third-order valence-corrected chi connectivity index (χ3v) is 6.62. The summed E-state index contributed by atoms with van der Waals surface area (Å²) in [5.41, 5.74) is 3.19. The minimum Gasteiger partial charge on any atom is -0.494 e. The Morgan fingerprint density at radius 2 is 1.56 bits per heavy atom. The first kappa shape index (κ1) is 23.3. The van der Waals surface area contributed by atoms with Crippen molar-refractivity contribution in [2.45, 2.75) is 32.2 Å². The number of hydrogen-bond donors (Lipinski definition) is 1. The number of sulfonamides is 1. The molecule has 0 spiro atoms. The number of rotatable bonds is 9. The highest BCUT2D eigenvalue weighted by atomic mass is 32.2. The van der Waals surface area contributed by atoms with Crippen LogP contribution in [0.1, 0.15) is 23.6 Å². The summed E-state index contributed by atoms with van der Waals surface area (Å²) in [7, 11) is -3.92. The van der Waals surface area contributed by atoms with Gasteiger partial charge >= 0.3 is 0 Å². The van der Waals surface area contributed by atoms with Crippen LogP contribution in [0.25, 0.3) is 0 Å². The average molecular weight is 453 g/mol. The number of aryl methyl sites for hydroxylation is 2. The number of nitrogens with zero attached hydrogens (tertiary/aromatic N) is 1. The van der Waals surface area contributed by atoms with Crippen molar-refractivity contribution in [3.8, 4) is 5.75 Å². The predicted octanol–water partition coefficient (Wildman–Crippen LogP) is 4.21. The highest BCUT2D eigenvalue weighted by molar-refractivity contribution is 7.92. The van der Waals surface area contributed by atoms with Crippen LogP contribution in [-0.2, 0) is 21.4 Å². The molecule has 7 heteroatoms. The quantitative estimate of drug-likeness (QED) is 0.528. The van der Waals surface area contributed by atoms with Gasteiger partial charge in [0.1, 0.15) is 12.3 Å². The molecule has 0 aliphatic heterocycles. The third-order valence-electron chi connectivity index (χ3n) is 4.84. The van der Waals surface area contributed by atoms with E-state index >= 15 is 0 Å². The normalized spacial score (nSPS) is 11.1. The van der Waals surface area contributed by atoms with Crippen LogP contribution in [0.5, 0.6) is 5.75 Å². The Kier molecular flexibility index (Phi) is 7.53. The number of carbonyl (C=O) groups is 1. The summed E-state index contributed by atoms with van der Waals surface area (Å²) in [5, 5.41) is 2.82. The number of ether oxygens (including phenoxy) is 1. The summed E-state index contributed by atoms with van der Waals surface area (Å²) < 4.78 is 33.4. The van der Waals surface area contributed by atoms with Crippen molar-refractivity contribution in [2.75, 3.05) is 17.5 Å². The first-order chi connectivity index (χ1) is 15.3. The predicted molar refractivity (Wildman–Crippen MR) is 126 cm³/mol. The molecule has 0 heterocycles. The van der Waals surface area contributed by atoms with Crippen molar-refractivity contribution in [1.29, 1.82) is 0 Å². The number of hydrogen-bond acceptors (Lipinski definition) is 4. The maximum atomic E-state index is 13.4. The first-order valence-corrected chi connectivity index (χ1v) is 11.9. The summed E-state index contributed by atoms with van der Waals surface area (Å²) in [6, 6.07) is 21.1. The molecule has 3 aromatic rings. The van der Waals surface area contributed by atoms with E-state index in [-0.39, 0.29) is 18.0 Å². The summed E-state index contributed by atoms with van der Waals surface area (Å²) in [4.78, 5) is 12.9. The highest BCUT2D eigenvalue weighted by Crippen LogP contribution is 2.25. The van der Waals surface area contributed by atoms with Gasteiger partial charge in [-0.05, 0) is 73.9 Å². The van der Waals surface area contributed by atoms with Crippen LogP contribution in [-0.4, -0.2) is 27.5 Å². The van der Waals surface area contributed by atoms with Gasteiger partial charge in [0, 0.05) is 6.54 Å². The molecule has 0 aliphatic carbocycles. The molecule has 0 saturated heterocycles. The molecule has 0 aliphatic rings. The van der Waals surface area contributed by atoms with Gasteiger partial charge in [0.2, 0.25) is 5.91 Å².